The van der Waals surface area contributed by atoms with Crippen molar-refractivity contribution in [2.75, 3.05) is 6.54 Å². The van der Waals surface area contributed by atoms with Crippen molar-refractivity contribution in [2.24, 2.45) is 0 Å². The number of benzene rings is 1. The number of carbonyl (C=O) groups is 2. The molecular weight excluding hydrogens is 387 g/mol. The molecule has 1 N–H and O–H groups in total. The maximum Gasteiger partial charge on any atom is 0.295 e. The molecule has 3 heterocycles. The number of hydrogen-bond donors (Lipinski definition) is 1. The molecule has 1 fully saturated rings. The molecule has 0 spiro atoms. The van der Waals surface area contributed by atoms with E-state index in [-0.39, 0.29) is 16.9 Å². The molecule has 0 bridgehead atoms. The Morgan fingerprint density at radius 2 is 1.73 bits per heavy atom. The van der Waals surface area contributed by atoms with Crippen LogP contribution < -0.4 is 0 Å². The number of amides is 1. The van der Waals surface area contributed by atoms with Crippen molar-refractivity contribution < 1.29 is 19.1 Å². The number of carbonyl (C=O) groups excluding carboxylic acids is 2. The van der Waals surface area contributed by atoms with E-state index < -0.39 is 23.5 Å². The van der Waals surface area contributed by atoms with Gasteiger partial charge >= 0.3 is 0 Å². The first-order valence-electron chi connectivity index (χ1n) is 9.46. The first-order chi connectivity index (χ1) is 14.6. The lowest BCUT2D eigenvalue weighted by molar-refractivity contribution is -0.139. The van der Waals surface area contributed by atoms with Crippen LogP contribution >= 0.6 is 0 Å². The first-order valence-corrected chi connectivity index (χ1v) is 9.46. The van der Waals surface area contributed by atoms with Crippen LogP contribution in [0.15, 0.2) is 73.1 Å². The predicted octanol–water partition coefficient (Wildman–Crippen LogP) is 2.93. The number of hydrogen-bond acceptors (Lipinski definition) is 5. The number of aliphatic hydroxyl groups is 1. The Kier molecular flexibility index (Phi) is 5.38. The summed E-state index contributed by atoms with van der Waals surface area (Å²) in [5, 5.41) is 10.9. The fourth-order valence-corrected chi connectivity index (χ4v) is 3.61. The monoisotopic (exact) mass is 406 g/mol. The van der Waals surface area contributed by atoms with Gasteiger partial charge in [0.2, 0.25) is 0 Å². The molecule has 1 atom stereocenters. The van der Waals surface area contributed by atoms with Crippen LogP contribution in [0, 0.1) is 5.82 Å². The number of imidazole rings is 1. The molecule has 0 saturated carbocycles. The molecule has 0 radical (unpaired) electrons. The molecule has 2 aromatic heterocycles. The van der Waals surface area contributed by atoms with Crippen LogP contribution in [0.3, 0.4) is 0 Å². The molecular formula is C22H19FN4O3. The molecule has 3 aromatic rings. The van der Waals surface area contributed by atoms with Gasteiger partial charge in [-0.15, -0.1) is 0 Å². The number of pyridine rings is 1. The molecule has 1 saturated heterocycles. The van der Waals surface area contributed by atoms with E-state index in [1.54, 1.807) is 37.1 Å². The van der Waals surface area contributed by atoms with E-state index in [1.165, 1.54) is 29.2 Å². The largest absolute Gasteiger partial charge is 0.507 e. The Labute approximate surface area is 172 Å². The number of rotatable bonds is 6. The zero-order valence-electron chi connectivity index (χ0n) is 16.0. The third kappa shape index (κ3) is 3.71. The number of aryl methyl sites for hydroxylation is 1. The van der Waals surface area contributed by atoms with Crippen LogP contribution in [0.4, 0.5) is 4.39 Å². The normalized spacial score (nSPS) is 18.2. The van der Waals surface area contributed by atoms with Crippen molar-refractivity contribution in [1.29, 1.82) is 0 Å². The molecule has 0 unspecified atom stereocenters. The quantitative estimate of drug-likeness (QED) is 0.386. The Morgan fingerprint density at radius 3 is 2.40 bits per heavy atom. The van der Waals surface area contributed by atoms with E-state index in [0.717, 1.165) is 0 Å². The molecule has 1 aliphatic rings. The van der Waals surface area contributed by atoms with Crippen molar-refractivity contribution in [2.45, 2.75) is 19.0 Å². The van der Waals surface area contributed by atoms with Crippen LogP contribution in [0.1, 0.15) is 23.6 Å². The third-order valence-corrected chi connectivity index (χ3v) is 5.05. The zero-order chi connectivity index (χ0) is 21.1. The highest BCUT2D eigenvalue weighted by Crippen LogP contribution is 2.39. The van der Waals surface area contributed by atoms with Gasteiger partial charge in [0.05, 0.1) is 17.9 Å². The lowest BCUT2D eigenvalue weighted by Gasteiger charge is -2.25. The minimum atomic E-state index is -0.763. The zero-order valence-corrected chi connectivity index (χ0v) is 16.0. The third-order valence-electron chi connectivity index (χ3n) is 5.05. The van der Waals surface area contributed by atoms with Gasteiger partial charge in [-0.3, -0.25) is 14.6 Å². The minimum Gasteiger partial charge on any atom is -0.507 e. The highest BCUT2D eigenvalue weighted by molar-refractivity contribution is 6.46. The van der Waals surface area contributed by atoms with E-state index >= 15 is 0 Å². The predicted molar refractivity (Wildman–Crippen MR) is 106 cm³/mol. The van der Waals surface area contributed by atoms with Crippen molar-refractivity contribution in [3.63, 3.8) is 0 Å². The Bertz CT molecular complexity index is 1080. The van der Waals surface area contributed by atoms with Crippen molar-refractivity contribution in [3.8, 4) is 0 Å². The van der Waals surface area contributed by atoms with Crippen molar-refractivity contribution in [1.82, 2.24) is 19.4 Å². The minimum absolute atomic E-state index is 0.0135. The highest BCUT2D eigenvalue weighted by Gasteiger charge is 2.45. The maximum atomic E-state index is 13.3. The lowest BCUT2D eigenvalue weighted by Crippen LogP contribution is -2.31. The van der Waals surface area contributed by atoms with Crippen LogP contribution in [0.5, 0.6) is 0 Å². The van der Waals surface area contributed by atoms with Crippen LogP contribution in [0.2, 0.25) is 0 Å². The lowest BCUT2D eigenvalue weighted by atomic mass is 9.96. The molecule has 152 valence electrons. The Balaban J connectivity index is 1.71. The van der Waals surface area contributed by atoms with E-state index in [9.17, 15) is 19.1 Å². The van der Waals surface area contributed by atoms with E-state index in [0.29, 0.717) is 25.1 Å². The van der Waals surface area contributed by atoms with Gasteiger partial charge in [-0.1, -0.05) is 0 Å². The number of halogens is 1. The number of Topliss-reactive ketones (excluding diaryl/α,β-unsaturated/α-hetero) is 1. The second-order valence-electron chi connectivity index (χ2n) is 6.93. The second kappa shape index (κ2) is 8.28. The summed E-state index contributed by atoms with van der Waals surface area (Å²) < 4.78 is 15.2. The number of likely N-dealkylation sites (tertiary alicyclic amines) is 1. The molecule has 1 aliphatic heterocycles. The van der Waals surface area contributed by atoms with E-state index in [1.807, 2.05) is 10.8 Å². The summed E-state index contributed by atoms with van der Waals surface area (Å²) in [4.78, 5) is 35.1. The molecule has 30 heavy (non-hydrogen) atoms. The first kappa shape index (κ1) is 19.5. The average molecular weight is 406 g/mol. The highest BCUT2D eigenvalue weighted by atomic mass is 19.1. The summed E-state index contributed by atoms with van der Waals surface area (Å²) in [7, 11) is 0. The van der Waals surface area contributed by atoms with Crippen LogP contribution in [-0.2, 0) is 16.1 Å². The van der Waals surface area contributed by atoms with Gasteiger partial charge in [-0.2, -0.15) is 0 Å². The van der Waals surface area contributed by atoms with Gasteiger partial charge in [0.15, 0.2) is 0 Å². The fourth-order valence-electron chi connectivity index (χ4n) is 3.61. The fraction of sp³-hybridized carbons (Fsp3) is 0.182. The molecule has 8 heteroatoms. The summed E-state index contributed by atoms with van der Waals surface area (Å²) in [6, 6.07) is 7.80. The van der Waals surface area contributed by atoms with Gasteiger partial charge in [-0.05, 0) is 48.4 Å². The van der Waals surface area contributed by atoms with Gasteiger partial charge in [0, 0.05) is 43.4 Å². The molecule has 0 aliphatic carbocycles. The summed E-state index contributed by atoms with van der Waals surface area (Å²) in [5.41, 5.74) is 0.919. The van der Waals surface area contributed by atoms with E-state index in [2.05, 4.69) is 9.97 Å². The van der Waals surface area contributed by atoms with Gasteiger partial charge < -0.3 is 14.6 Å². The smallest absolute Gasteiger partial charge is 0.295 e. The standard InChI is InChI=1S/C22H19FN4O3/c23-17-4-2-16(3-5-17)20(28)18-19(15-6-8-24-9-7-15)27(22(30)21(18)29)12-1-11-26-13-10-25-14-26/h2-10,13-14,19,28H,1,11-12H2/t19-/m0/s1. The average Bonchev–Trinajstić information content (AvgIpc) is 3.37. The summed E-state index contributed by atoms with van der Waals surface area (Å²) in [6.45, 7) is 0.944. The summed E-state index contributed by atoms with van der Waals surface area (Å²) in [5.74, 6) is -2.23. The molecule has 4 rings (SSSR count). The molecule has 7 nitrogen and oxygen atoms in total. The maximum absolute atomic E-state index is 13.3. The van der Waals surface area contributed by atoms with E-state index in [4.69, 9.17) is 0 Å². The van der Waals surface area contributed by atoms with Crippen LogP contribution in [0.25, 0.3) is 5.76 Å². The Morgan fingerprint density at radius 1 is 1.00 bits per heavy atom. The molecule has 1 aromatic carbocycles. The number of aromatic nitrogens is 3. The number of nitrogens with zero attached hydrogens (tertiary/aromatic N) is 4. The SMILES string of the molecule is O=C1C(=O)N(CCCn2ccnc2)[C@@H](c2ccncc2)C1=C(O)c1ccc(F)cc1. The summed E-state index contributed by atoms with van der Waals surface area (Å²) >= 11 is 0. The Hall–Kier alpha value is -3.81. The number of ketones is 1. The van der Waals surface area contributed by atoms with Gasteiger partial charge in [0.25, 0.3) is 11.7 Å². The van der Waals surface area contributed by atoms with Crippen molar-refractivity contribution >= 4 is 17.4 Å². The van der Waals surface area contributed by atoms with Gasteiger partial charge in [0.1, 0.15) is 11.6 Å². The molecule has 1 amide bonds. The van der Waals surface area contributed by atoms with Crippen molar-refractivity contribution in [3.05, 3.63) is 90.0 Å². The summed E-state index contributed by atoms with van der Waals surface area (Å²) in [6.07, 6.45) is 8.91. The second-order valence-corrected chi connectivity index (χ2v) is 6.93. The van der Waals surface area contributed by atoms with Crippen LogP contribution in [-0.4, -0.2) is 42.8 Å². The topological polar surface area (TPSA) is 88.3 Å². The number of aliphatic hydroxyl groups excluding tert-OH is 1. The van der Waals surface area contributed by atoms with Gasteiger partial charge in [-0.25, -0.2) is 9.37 Å².